The molecule has 104 valence electrons. The molecule has 0 aliphatic heterocycles. The van der Waals surface area contributed by atoms with E-state index in [1.807, 2.05) is 0 Å². The zero-order valence-electron chi connectivity index (χ0n) is 11.5. The Kier molecular flexibility index (Phi) is 2.69. The Bertz CT molecular complexity index is 460. The summed E-state index contributed by atoms with van der Waals surface area (Å²) in [6.07, 6.45) is 10.1. The molecule has 1 heterocycles. The summed E-state index contributed by atoms with van der Waals surface area (Å²) in [4.78, 5) is 4.69. The minimum Gasteiger partial charge on any atom is -0.339 e. The molecular formula is C15H23N3O. The molecule has 19 heavy (non-hydrogen) atoms. The van der Waals surface area contributed by atoms with Gasteiger partial charge >= 0.3 is 0 Å². The fourth-order valence-corrected chi connectivity index (χ4v) is 4.50. The smallest absolute Gasteiger partial charge is 0.227 e. The molecular weight excluding hydrogens is 238 g/mol. The number of aromatic nitrogens is 2. The van der Waals surface area contributed by atoms with Crippen molar-refractivity contribution in [3.05, 3.63) is 11.7 Å². The minimum absolute atomic E-state index is 0.262. The van der Waals surface area contributed by atoms with Crippen molar-refractivity contribution in [2.75, 3.05) is 6.54 Å². The summed E-state index contributed by atoms with van der Waals surface area (Å²) < 4.78 is 5.50. The minimum atomic E-state index is 0.262. The van der Waals surface area contributed by atoms with Crippen LogP contribution in [0.25, 0.3) is 0 Å². The van der Waals surface area contributed by atoms with E-state index in [2.05, 4.69) is 5.16 Å². The van der Waals surface area contributed by atoms with Gasteiger partial charge in [-0.2, -0.15) is 4.98 Å². The molecule has 3 unspecified atom stereocenters. The van der Waals surface area contributed by atoms with Gasteiger partial charge in [-0.1, -0.05) is 18.0 Å². The van der Waals surface area contributed by atoms with Crippen molar-refractivity contribution in [3.8, 4) is 0 Å². The van der Waals surface area contributed by atoms with Gasteiger partial charge in [0.2, 0.25) is 5.89 Å². The van der Waals surface area contributed by atoms with E-state index < -0.39 is 0 Å². The monoisotopic (exact) mass is 261 g/mol. The third-order valence-electron chi connectivity index (χ3n) is 5.93. The van der Waals surface area contributed by atoms with E-state index in [9.17, 15) is 0 Å². The van der Waals surface area contributed by atoms with Gasteiger partial charge in [-0.05, 0) is 55.9 Å². The predicted octanol–water partition coefficient (Wildman–Crippen LogP) is 2.64. The third kappa shape index (κ3) is 1.92. The van der Waals surface area contributed by atoms with Crippen LogP contribution in [0.3, 0.4) is 0 Å². The van der Waals surface area contributed by atoms with Crippen LogP contribution in [0.15, 0.2) is 4.52 Å². The second kappa shape index (κ2) is 4.30. The van der Waals surface area contributed by atoms with E-state index in [0.29, 0.717) is 5.92 Å². The van der Waals surface area contributed by atoms with Crippen LogP contribution in [0.5, 0.6) is 0 Å². The van der Waals surface area contributed by atoms with Crippen LogP contribution < -0.4 is 5.73 Å². The van der Waals surface area contributed by atoms with Gasteiger partial charge in [0.25, 0.3) is 0 Å². The first-order valence-electron chi connectivity index (χ1n) is 7.81. The Morgan fingerprint density at radius 2 is 2.16 bits per heavy atom. The van der Waals surface area contributed by atoms with Crippen LogP contribution in [0.2, 0.25) is 0 Å². The van der Waals surface area contributed by atoms with Crippen molar-refractivity contribution in [1.29, 1.82) is 0 Å². The third-order valence-corrected chi connectivity index (χ3v) is 5.93. The van der Waals surface area contributed by atoms with E-state index in [4.69, 9.17) is 15.2 Å². The topological polar surface area (TPSA) is 64.9 Å². The van der Waals surface area contributed by atoms with Crippen molar-refractivity contribution in [3.63, 3.8) is 0 Å². The summed E-state index contributed by atoms with van der Waals surface area (Å²) >= 11 is 0. The molecule has 4 rings (SSSR count). The Labute approximate surface area is 114 Å². The summed E-state index contributed by atoms with van der Waals surface area (Å²) in [5.74, 6) is 4.13. The van der Waals surface area contributed by atoms with Gasteiger partial charge in [0.15, 0.2) is 5.82 Å². The first-order chi connectivity index (χ1) is 9.28. The van der Waals surface area contributed by atoms with Crippen molar-refractivity contribution in [2.24, 2.45) is 23.0 Å². The molecule has 3 aliphatic rings. The standard InChI is InChI=1S/C15H23N3O/c16-9-15(4-1-5-15)8-13-17-14(18-19-13)12-7-10-2-3-11(12)6-10/h10-12H,1-9,16H2. The van der Waals surface area contributed by atoms with Crippen LogP contribution >= 0.6 is 0 Å². The SMILES string of the molecule is NCC1(Cc2nc(C3CC4CCC3C4)no2)CCC1. The summed E-state index contributed by atoms with van der Waals surface area (Å²) in [6.45, 7) is 0.749. The molecule has 1 aromatic rings. The average Bonchev–Trinajstić information content (AvgIpc) is 3.09. The molecule has 2 bridgehead atoms. The fraction of sp³-hybridized carbons (Fsp3) is 0.867. The van der Waals surface area contributed by atoms with Crippen LogP contribution in [-0.4, -0.2) is 16.7 Å². The van der Waals surface area contributed by atoms with Crippen molar-refractivity contribution in [2.45, 2.75) is 57.3 Å². The zero-order valence-corrected chi connectivity index (χ0v) is 11.5. The number of rotatable bonds is 4. The number of hydrogen-bond donors (Lipinski definition) is 1. The second-order valence-corrected chi connectivity index (χ2v) is 7.06. The average molecular weight is 261 g/mol. The van der Waals surface area contributed by atoms with Crippen LogP contribution in [0.1, 0.15) is 62.6 Å². The quantitative estimate of drug-likeness (QED) is 0.905. The lowest BCUT2D eigenvalue weighted by Gasteiger charge is -2.39. The molecule has 2 N–H and O–H groups in total. The Morgan fingerprint density at radius 3 is 2.74 bits per heavy atom. The summed E-state index contributed by atoms with van der Waals surface area (Å²) in [6, 6.07) is 0. The molecule has 0 spiro atoms. The van der Waals surface area contributed by atoms with Gasteiger partial charge in [-0.25, -0.2) is 0 Å². The molecule has 3 aliphatic carbocycles. The van der Waals surface area contributed by atoms with Gasteiger partial charge < -0.3 is 10.3 Å². The highest BCUT2D eigenvalue weighted by Gasteiger charge is 2.43. The van der Waals surface area contributed by atoms with Crippen molar-refractivity contribution < 1.29 is 4.52 Å². The van der Waals surface area contributed by atoms with Gasteiger partial charge in [0.05, 0.1) is 0 Å². The summed E-state index contributed by atoms with van der Waals surface area (Å²) in [7, 11) is 0. The Balaban J connectivity index is 1.48. The fourth-order valence-electron chi connectivity index (χ4n) is 4.50. The van der Waals surface area contributed by atoms with Crippen LogP contribution in [-0.2, 0) is 6.42 Å². The lowest BCUT2D eigenvalue weighted by molar-refractivity contribution is 0.129. The highest BCUT2D eigenvalue weighted by molar-refractivity contribution is 5.07. The molecule has 1 aromatic heterocycles. The van der Waals surface area contributed by atoms with E-state index >= 15 is 0 Å². The lowest BCUT2D eigenvalue weighted by atomic mass is 9.67. The molecule has 3 saturated carbocycles. The molecule has 3 atom stereocenters. The number of fused-ring (bicyclic) bond motifs is 2. The van der Waals surface area contributed by atoms with E-state index in [-0.39, 0.29) is 5.41 Å². The highest BCUT2D eigenvalue weighted by atomic mass is 16.5. The normalized spacial score (nSPS) is 35.5. The lowest BCUT2D eigenvalue weighted by Crippen LogP contribution is -2.39. The Hall–Kier alpha value is -0.900. The maximum atomic E-state index is 5.91. The van der Waals surface area contributed by atoms with Gasteiger partial charge in [-0.15, -0.1) is 0 Å². The summed E-state index contributed by atoms with van der Waals surface area (Å²) in [5.41, 5.74) is 6.17. The molecule has 3 fully saturated rings. The maximum Gasteiger partial charge on any atom is 0.227 e. The number of nitrogens with two attached hydrogens (primary N) is 1. The van der Waals surface area contributed by atoms with Crippen LogP contribution in [0, 0.1) is 17.3 Å². The largest absolute Gasteiger partial charge is 0.339 e. The van der Waals surface area contributed by atoms with E-state index in [0.717, 1.165) is 36.5 Å². The van der Waals surface area contributed by atoms with Crippen LogP contribution in [0.4, 0.5) is 0 Å². The van der Waals surface area contributed by atoms with Gasteiger partial charge in [0.1, 0.15) is 0 Å². The van der Waals surface area contributed by atoms with Gasteiger partial charge in [0, 0.05) is 12.3 Å². The molecule has 0 saturated heterocycles. The second-order valence-electron chi connectivity index (χ2n) is 7.06. The van der Waals surface area contributed by atoms with E-state index in [1.165, 1.54) is 44.9 Å². The number of hydrogen-bond acceptors (Lipinski definition) is 4. The molecule has 0 aromatic carbocycles. The summed E-state index contributed by atoms with van der Waals surface area (Å²) in [5, 5.41) is 4.27. The number of nitrogens with zero attached hydrogens (tertiary/aromatic N) is 2. The molecule has 0 radical (unpaired) electrons. The molecule has 4 nitrogen and oxygen atoms in total. The zero-order chi connectivity index (χ0) is 12.9. The van der Waals surface area contributed by atoms with Crippen molar-refractivity contribution >= 4 is 0 Å². The molecule has 4 heteroatoms. The highest BCUT2D eigenvalue weighted by Crippen LogP contribution is 2.52. The Morgan fingerprint density at radius 1 is 1.26 bits per heavy atom. The van der Waals surface area contributed by atoms with Crippen molar-refractivity contribution in [1.82, 2.24) is 10.1 Å². The van der Waals surface area contributed by atoms with Gasteiger partial charge in [-0.3, -0.25) is 0 Å². The molecule has 0 amide bonds. The predicted molar refractivity (Wildman–Crippen MR) is 71.5 cm³/mol. The van der Waals surface area contributed by atoms with E-state index in [1.54, 1.807) is 0 Å². The maximum absolute atomic E-state index is 5.91. The first kappa shape index (κ1) is 11.9. The first-order valence-corrected chi connectivity index (χ1v) is 7.81.